The fraction of sp³-hybridized carbons (Fsp3) is 0.286. The largest absolute Gasteiger partial charge is 0.461 e. The molecule has 0 bridgehead atoms. The lowest BCUT2D eigenvalue weighted by Gasteiger charge is -2.08. The molecule has 0 amide bonds. The summed E-state index contributed by atoms with van der Waals surface area (Å²) in [6.07, 6.45) is 1.70. The van der Waals surface area contributed by atoms with Gasteiger partial charge in [-0.2, -0.15) is 0 Å². The van der Waals surface area contributed by atoms with Crippen LogP contribution in [0.4, 0.5) is 4.39 Å². The molecule has 5 heteroatoms. The molecule has 1 saturated carbocycles. The predicted molar refractivity (Wildman–Crippen MR) is 102 cm³/mol. The van der Waals surface area contributed by atoms with E-state index in [1.807, 2.05) is 38.1 Å². The number of esters is 1. The second-order valence-corrected chi connectivity index (χ2v) is 8.10. The number of hydrogen-bond acceptors (Lipinski definition) is 2. The van der Waals surface area contributed by atoms with Crippen LogP contribution in [0.2, 0.25) is 0 Å². The van der Waals surface area contributed by atoms with E-state index in [1.165, 1.54) is 12.1 Å². The van der Waals surface area contributed by atoms with Crippen LogP contribution in [0, 0.1) is 23.1 Å². The van der Waals surface area contributed by atoms with Crippen molar-refractivity contribution in [1.29, 1.82) is 0 Å². The number of carbonyl (C=O) groups excluding carboxylic acids is 1. The summed E-state index contributed by atoms with van der Waals surface area (Å²) in [4.78, 5) is 12.4. The van der Waals surface area contributed by atoms with Crippen LogP contribution in [-0.4, -0.2) is 5.97 Å². The van der Waals surface area contributed by atoms with E-state index in [4.69, 9.17) is 27.9 Å². The smallest absolute Gasteiger partial charge is 0.310 e. The molecule has 0 N–H and O–H groups in total. The van der Waals surface area contributed by atoms with Crippen LogP contribution in [0.25, 0.3) is 11.1 Å². The quantitative estimate of drug-likeness (QED) is 0.572. The Morgan fingerprint density at radius 3 is 2.50 bits per heavy atom. The summed E-state index contributed by atoms with van der Waals surface area (Å²) < 4.78 is 18.7. The molecule has 2 nitrogen and oxygen atoms in total. The molecule has 26 heavy (non-hydrogen) atoms. The summed E-state index contributed by atoms with van der Waals surface area (Å²) in [5.41, 5.74) is 2.52. The lowest BCUT2D eigenvalue weighted by molar-refractivity contribution is -0.147. The molecule has 0 radical (unpaired) electrons. The maximum Gasteiger partial charge on any atom is 0.310 e. The zero-order valence-electron chi connectivity index (χ0n) is 14.5. The Bertz CT molecular complexity index is 839. The lowest BCUT2D eigenvalue weighted by Crippen LogP contribution is -2.10. The van der Waals surface area contributed by atoms with Gasteiger partial charge in [0.05, 0.1) is 5.92 Å². The molecule has 1 aliphatic rings. The highest BCUT2D eigenvalue weighted by Crippen LogP contribution is 2.60. The molecule has 0 saturated heterocycles. The summed E-state index contributed by atoms with van der Waals surface area (Å²) >= 11 is 11.4. The second kappa shape index (κ2) is 7.42. The lowest BCUT2D eigenvalue weighted by atomic mass is 10.0. The van der Waals surface area contributed by atoms with Gasteiger partial charge in [0.2, 0.25) is 0 Å². The monoisotopic (exact) mass is 392 g/mol. The van der Waals surface area contributed by atoms with Gasteiger partial charge in [0, 0.05) is 0 Å². The molecule has 0 unspecified atom stereocenters. The van der Waals surface area contributed by atoms with Gasteiger partial charge in [0.25, 0.3) is 0 Å². The SMILES string of the molecule is CC1(C)[C@H](C=C(Cl)Cl)[C@@H]1C(=O)OCc1cccc(-c2ccc(F)cc2)c1. The summed E-state index contributed by atoms with van der Waals surface area (Å²) in [5.74, 6) is -0.773. The Morgan fingerprint density at radius 1 is 1.15 bits per heavy atom. The van der Waals surface area contributed by atoms with E-state index in [2.05, 4.69) is 0 Å². The van der Waals surface area contributed by atoms with Crippen molar-refractivity contribution in [2.75, 3.05) is 0 Å². The average molecular weight is 393 g/mol. The first kappa shape index (κ1) is 18.9. The van der Waals surface area contributed by atoms with Crippen molar-refractivity contribution >= 4 is 29.2 Å². The Kier molecular flexibility index (Phi) is 5.40. The number of benzene rings is 2. The van der Waals surface area contributed by atoms with Crippen molar-refractivity contribution in [3.8, 4) is 11.1 Å². The highest BCUT2D eigenvalue weighted by atomic mass is 35.5. The maximum absolute atomic E-state index is 13.1. The molecule has 1 fully saturated rings. The Morgan fingerprint density at radius 2 is 1.85 bits per heavy atom. The number of rotatable bonds is 5. The number of halogens is 3. The fourth-order valence-corrected chi connectivity index (χ4v) is 3.57. The van der Waals surface area contributed by atoms with Gasteiger partial charge in [-0.1, -0.05) is 67.4 Å². The third kappa shape index (κ3) is 4.11. The molecule has 0 aromatic heterocycles. The maximum atomic E-state index is 13.1. The molecule has 0 spiro atoms. The van der Waals surface area contributed by atoms with Crippen molar-refractivity contribution in [3.63, 3.8) is 0 Å². The van der Waals surface area contributed by atoms with E-state index in [1.54, 1.807) is 18.2 Å². The summed E-state index contributed by atoms with van der Waals surface area (Å²) in [7, 11) is 0. The predicted octanol–water partition coefficient (Wildman–Crippen LogP) is 6.13. The first-order valence-electron chi connectivity index (χ1n) is 8.33. The molecular formula is C21H19Cl2FO2. The van der Waals surface area contributed by atoms with E-state index in [0.717, 1.165) is 16.7 Å². The van der Waals surface area contributed by atoms with Gasteiger partial charge >= 0.3 is 5.97 Å². The average Bonchev–Trinajstić information content (AvgIpc) is 3.13. The van der Waals surface area contributed by atoms with E-state index in [-0.39, 0.29) is 40.1 Å². The molecule has 136 valence electrons. The highest BCUT2D eigenvalue weighted by molar-refractivity contribution is 6.55. The molecule has 2 aromatic carbocycles. The third-order valence-corrected chi connectivity index (χ3v) is 5.21. The van der Waals surface area contributed by atoms with Crippen molar-refractivity contribution in [2.24, 2.45) is 17.3 Å². The minimum absolute atomic E-state index is 0.00875. The van der Waals surface area contributed by atoms with Crippen LogP contribution >= 0.6 is 23.2 Å². The first-order chi connectivity index (χ1) is 12.3. The van der Waals surface area contributed by atoms with Crippen molar-refractivity contribution < 1.29 is 13.9 Å². The van der Waals surface area contributed by atoms with Crippen LogP contribution < -0.4 is 0 Å². The molecule has 0 heterocycles. The highest BCUT2D eigenvalue weighted by Gasteiger charge is 2.61. The minimum Gasteiger partial charge on any atom is -0.461 e. The van der Waals surface area contributed by atoms with Crippen LogP contribution in [0.3, 0.4) is 0 Å². The zero-order chi connectivity index (χ0) is 18.9. The van der Waals surface area contributed by atoms with Crippen LogP contribution in [0.1, 0.15) is 19.4 Å². The van der Waals surface area contributed by atoms with Crippen molar-refractivity contribution in [1.82, 2.24) is 0 Å². The Labute approximate surface area is 162 Å². The summed E-state index contributed by atoms with van der Waals surface area (Å²) in [6.45, 7) is 4.17. The van der Waals surface area contributed by atoms with E-state index < -0.39 is 0 Å². The topological polar surface area (TPSA) is 26.3 Å². The molecule has 2 aromatic rings. The third-order valence-electron chi connectivity index (χ3n) is 4.96. The standard InChI is InChI=1S/C21H19Cl2FO2/c1-21(2)17(11-18(22)23)19(21)20(25)26-12-13-4-3-5-15(10-13)14-6-8-16(24)9-7-14/h3-11,17,19H,12H2,1-2H3/t17-,19-/m1/s1. The van der Waals surface area contributed by atoms with Gasteiger partial charge in [0.1, 0.15) is 16.9 Å². The Hall–Kier alpha value is -1.84. The number of carbonyl (C=O) groups is 1. The molecule has 0 aliphatic heterocycles. The number of allylic oxidation sites excluding steroid dienone is 1. The van der Waals surface area contributed by atoms with Gasteiger partial charge in [-0.3, -0.25) is 4.79 Å². The minimum atomic E-state index is -0.272. The van der Waals surface area contributed by atoms with Crippen molar-refractivity contribution in [2.45, 2.75) is 20.5 Å². The van der Waals surface area contributed by atoms with Crippen LogP contribution in [0.15, 0.2) is 59.1 Å². The van der Waals surface area contributed by atoms with Gasteiger partial charge in [-0.05, 0) is 52.3 Å². The number of hydrogen-bond donors (Lipinski definition) is 0. The molecule has 2 atom stereocenters. The molecular weight excluding hydrogens is 374 g/mol. The molecule has 3 rings (SSSR count). The molecule has 1 aliphatic carbocycles. The van der Waals surface area contributed by atoms with E-state index in [9.17, 15) is 9.18 Å². The second-order valence-electron chi connectivity index (χ2n) is 7.10. The normalized spacial score (nSPS) is 20.3. The van der Waals surface area contributed by atoms with Gasteiger partial charge < -0.3 is 4.74 Å². The first-order valence-corrected chi connectivity index (χ1v) is 9.09. The van der Waals surface area contributed by atoms with E-state index in [0.29, 0.717) is 0 Å². The summed E-state index contributed by atoms with van der Waals surface area (Å²) in [6, 6.07) is 13.9. The fourth-order valence-electron chi connectivity index (χ4n) is 3.30. The van der Waals surface area contributed by atoms with Crippen LogP contribution in [0.5, 0.6) is 0 Å². The zero-order valence-corrected chi connectivity index (χ0v) is 16.0. The van der Waals surface area contributed by atoms with Gasteiger partial charge in [-0.25, -0.2) is 4.39 Å². The van der Waals surface area contributed by atoms with Crippen molar-refractivity contribution in [3.05, 3.63) is 70.5 Å². The van der Waals surface area contributed by atoms with Crippen LogP contribution in [-0.2, 0) is 16.1 Å². The Balaban J connectivity index is 1.65. The van der Waals surface area contributed by atoms with Gasteiger partial charge in [-0.15, -0.1) is 0 Å². The van der Waals surface area contributed by atoms with Gasteiger partial charge in [0.15, 0.2) is 0 Å². The number of ether oxygens (including phenoxy) is 1. The van der Waals surface area contributed by atoms with E-state index >= 15 is 0 Å². The summed E-state index contributed by atoms with van der Waals surface area (Å²) in [5, 5.41) is 0.